The third-order valence-electron chi connectivity index (χ3n) is 3.30. The summed E-state index contributed by atoms with van der Waals surface area (Å²) in [6.45, 7) is 0.854. The molecule has 0 bridgehead atoms. The monoisotopic (exact) mass is 318 g/mol. The van der Waals surface area contributed by atoms with E-state index in [1.807, 2.05) is 0 Å². The van der Waals surface area contributed by atoms with E-state index in [0.717, 1.165) is 26.2 Å². The van der Waals surface area contributed by atoms with E-state index in [9.17, 15) is 26.3 Å². The van der Waals surface area contributed by atoms with E-state index in [0.29, 0.717) is 0 Å². The van der Waals surface area contributed by atoms with Crippen molar-refractivity contribution >= 4 is 18.2 Å². The lowest BCUT2D eigenvalue weighted by Gasteiger charge is -2.11. The predicted octanol–water partition coefficient (Wildman–Crippen LogP) is 2.23. The molecule has 8 heteroatoms. The molecule has 0 aliphatic rings. The molecule has 0 N–H and O–H groups in total. The first kappa shape index (κ1) is 16.3. The summed E-state index contributed by atoms with van der Waals surface area (Å²) < 4.78 is 86.8. The minimum Gasteiger partial charge on any atom is -0.494 e. The second kappa shape index (κ2) is 5.94. The average molecular weight is 318 g/mol. The van der Waals surface area contributed by atoms with Gasteiger partial charge in [0.1, 0.15) is 5.82 Å². The summed E-state index contributed by atoms with van der Waals surface area (Å²) in [5.41, 5.74) is -2.68. The molecule has 0 saturated heterocycles. The van der Waals surface area contributed by atoms with Crippen LogP contribution in [0.4, 0.5) is 26.3 Å². The van der Waals surface area contributed by atoms with Crippen LogP contribution in [0.5, 0.6) is 5.75 Å². The van der Waals surface area contributed by atoms with Crippen LogP contribution in [0.3, 0.4) is 0 Å². The first-order chi connectivity index (χ1) is 10.3. The molecule has 0 saturated carbocycles. The fourth-order valence-electron chi connectivity index (χ4n) is 2.01. The van der Waals surface area contributed by atoms with Crippen LogP contribution in [-0.2, 0) is 0 Å². The van der Waals surface area contributed by atoms with Crippen LogP contribution >= 0.6 is 0 Å². The van der Waals surface area contributed by atoms with Gasteiger partial charge in [0.15, 0.2) is 34.8 Å². The van der Waals surface area contributed by atoms with Gasteiger partial charge in [0.05, 0.1) is 7.11 Å². The van der Waals surface area contributed by atoms with E-state index < -0.39 is 58.7 Å². The number of hydrogen-bond donors (Lipinski definition) is 0. The van der Waals surface area contributed by atoms with Crippen molar-refractivity contribution in [3.05, 3.63) is 52.6 Å². The molecule has 0 aromatic heterocycles. The first-order valence-electron chi connectivity index (χ1n) is 6.11. The van der Waals surface area contributed by atoms with E-state index >= 15 is 0 Å². The van der Waals surface area contributed by atoms with Crippen LogP contribution in [0.15, 0.2) is 12.1 Å². The Hall–Kier alpha value is -2.12. The van der Waals surface area contributed by atoms with Gasteiger partial charge in [0, 0.05) is 5.56 Å². The van der Waals surface area contributed by atoms with Gasteiger partial charge in [-0.3, -0.25) is 0 Å². The molecule has 0 radical (unpaired) electrons. The van der Waals surface area contributed by atoms with E-state index in [-0.39, 0.29) is 5.75 Å². The van der Waals surface area contributed by atoms with Gasteiger partial charge < -0.3 is 4.74 Å². The van der Waals surface area contributed by atoms with Gasteiger partial charge in [-0.05, 0) is 30.0 Å². The van der Waals surface area contributed by atoms with E-state index in [1.165, 1.54) is 0 Å². The fourth-order valence-corrected chi connectivity index (χ4v) is 2.01. The summed E-state index contributed by atoms with van der Waals surface area (Å²) in [4.78, 5) is 0. The van der Waals surface area contributed by atoms with Gasteiger partial charge in [0.25, 0.3) is 0 Å². The molecule has 0 spiro atoms. The lowest BCUT2D eigenvalue weighted by atomic mass is 9.62. The molecule has 2 rings (SSSR count). The van der Waals surface area contributed by atoms with Crippen molar-refractivity contribution in [1.29, 1.82) is 0 Å². The molecule has 0 unspecified atom stereocenters. The highest BCUT2D eigenvalue weighted by Gasteiger charge is 2.26. The Balaban J connectivity index is 2.63. The van der Waals surface area contributed by atoms with Crippen LogP contribution in [0.1, 0.15) is 5.56 Å². The molecule has 2 aromatic rings. The minimum atomic E-state index is -1.68. The highest BCUT2D eigenvalue weighted by Crippen LogP contribution is 2.18. The topological polar surface area (TPSA) is 9.23 Å². The quantitative estimate of drug-likeness (QED) is 0.479. The molecule has 0 fully saturated rings. The van der Waals surface area contributed by atoms with E-state index in [1.54, 1.807) is 0 Å². The van der Waals surface area contributed by atoms with Crippen molar-refractivity contribution in [2.75, 3.05) is 7.11 Å². The van der Waals surface area contributed by atoms with Crippen LogP contribution in [0.2, 0.25) is 0 Å². The van der Waals surface area contributed by atoms with Crippen LogP contribution in [0, 0.1) is 41.8 Å². The first-order valence-corrected chi connectivity index (χ1v) is 6.11. The van der Waals surface area contributed by atoms with Gasteiger partial charge >= 0.3 is 0 Å². The van der Waals surface area contributed by atoms with Crippen LogP contribution in [-0.4, -0.2) is 14.4 Å². The maximum Gasteiger partial charge on any atom is 0.208 e. The van der Waals surface area contributed by atoms with Gasteiger partial charge in [-0.25, -0.2) is 26.3 Å². The SMILES string of the molecule is COc1ccc(F)c(Bc2c(F)c(F)c(C)c(F)c2F)c1F. The molecule has 0 aliphatic carbocycles. The van der Waals surface area contributed by atoms with Gasteiger partial charge in [-0.1, -0.05) is 0 Å². The number of ether oxygens (including phenoxy) is 1. The highest BCUT2D eigenvalue weighted by atomic mass is 19.2. The number of rotatable bonds is 3. The Morgan fingerprint density at radius 1 is 0.773 bits per heavy atom. The third-order valence-corrected chi connectivity index (χ3v) is 3.30. The minimum absolute atomic E-state index is 0.356. The van der Waals surface area contributed by atoms with Crippen molar-refractivity contribution in [1.82, 2.24) is 0 Å². The molecular weight excluding hydrogens is 309 g/mol. The Morgan fingerprint density at radius 2 is 1.32 bits per heavy atom. The largest absolute Gasteiger partial charge is 0.494 e. The maximum absolute atomic E-state index is 14.0. The molecule has 116 valence electrons. The van der Waals surface area contributed by atoms with Crippen molar-refractivity contribution in [2.45, 2.75) is 6.92 Å². The standard InChI is InChI=1S/C14H9BF6O/c1-5-10(17)13(20)9(14(21)11(5)18)15-8-6(16)3-4-7(22-2)12(8)19/h3-4,15H,1-2H3. The van der Waals surface area contributed by atoms with E-state index in [4.69, 9.17) is 0 Å². The zero-order valence-electron chi connectivity index (χ0n) is 11.5. The smallest absolute Gasteiger partial charge is 0.208 e. The molecule has 0 aliphatic heterocycles. The number of methoxy groups -OCH3 is 1. The molecule has 0 heterocycles. The Bertz CT molecular complexity index is 718. The Morgan fingerprint density at radius 3 is 1.82 bits per heavy atom. The second-order valence-corrected chi connectivity index (χ2v) is 4.58. The zero-order valence-corrected chi connectivity index (χ0v) is 11.5. The molecule has 0 amide bonds. The lowest BCUT2D eigenvalue weighted by molar-refractivity contribution is 0.386. The van der Waals surface area contributed by atoms with Crippen molar-refractivity contribution in [3.8, 4) is 5.75 Å². The normalized spacial score (nSPS) is 10.7. The van der Waals surface area contributed by atoms with Crippen molar-refractivity contribution in [2.24, 2.45) is 0 Å². The summed E-state index contributed by atoms with van der Waals surface area (Å²) in [5.74, 6) is -9.22. The second-order valence-electron chi connectivity index (χ2n) is 4.58. The third kappa shape index (κ3) is 2.53. The predicted molar refractivity (Wildman–Crippen MR) is 70.3 cm³/mol. The van der Waals surface area contributed by atoms with Gasteiger partial charge in [-0.15, -0.1) is 0 Å². The molecular formula is C14H9BF6O. The van der Waals surface area contributed by atoms with E-state index in [2.05, 4.69) is 4.74 Å². The number of halogens is 6. The van der Waals surface area contributed by atoms with Crippen LogP contribution < -0.4 is 15.7 Å². The maximum atomic E-state index is 14.0. The summed E-state index contributed by atoms with van der Waals surface area (Å²) >= 11 is 0. The number of benzene rings is 2. The molecule has 0 atom stereocenters. The van der Waals surface area contributed by atoms with Crippen molar-refractivity contribution < 1.29 is 31.1 Å². The Labute approximate surface area is 122 Å². The van der Waals surface area contributed by atoms with Crippen molar-refractivity contribution in [3.63, 3.8) is 0 Å². The highest BCUT2D eigenvalue weighted by molar-refractivity contribution is 6.67. The summed E-state index contributed by atoms with van der Waals surface area (Å²) in [6, 6.07) is 1.81. The fraction of sp³-hybridized carbons (Fsp3) is 0.143. The molecule has 22 heavy (non-hydrogen) atoms. The molecule has 2 aromatic carbocycles. The van der Waals surface area contributed by atoms with Gasteiger partial charge in [0.2, 0.25) is 7.28 Å². The summed E-state index contributed by atoms with van der Waals surface area (Å²) in [5, 5.41) is 0. The van der Waals surface area contributed by atoms with Gasteiger partial charge in [-0.2, -0.15) is 0 Å². The van der Waals surface area contributed by atoms with Crippen LogP contribution in [0.25, 0.3) is 0 Å². The molecule has 1 nitrogen and oxygen atoms in total. The number of hydrogen-bond acceptors (Lipinski definition) is 1. The average Bonchev–Trinajstić information content (AvgIpc) is 2.50. The summed E-state index contributed by atoms with van der Waals surface area (Å²) in [6.07, 6.45) is 0. The Kier molecular flexibility index (Phi) is 4.39. The lowest BCUT2D eigenvalue weighted by Crippen LogP contribution is -2.38. The zero-order chi connectivity index (χ0) is 16.6. The summed E-state index contributed by atoms with van der Waals surface area (Å²) in [7, 11) is 0.118.